The van der Waals surface area contributed by atoms with Crippen LogP contribution in [0.25, 0.3) is 0 Å². The molecule has 6 heteroatoms. The molecule has 0 amide bonds. The first kappa shape index (κ1) is 22.3. The van der Waals surface area contributed by atoms with Crippen LogP contribution in [0.1, 0.15) is 31.4 Å². The van der Waals surface area contributed by atoms with Gasteiger partial charge in [0.1, 0.15) is 5.75 Å². The summed E-state index contributed by atoms with van der Waals surface area (Å²) < 4.78 is 16.4. The van der Waals surface area contributed by atoms with E-state index in [0.717, 1.165) is 30.3 Å². The van der Waals surface area contributed by atoms with Crippen LogP contribution in [-0.2, 0) is 16.0 Å². The van der Waals surface area contributed by atoms with Crippen molar-refractivity contribution in [3.05, 3.63) is 29.3 Å². The zero-order valence-corrected chi connectivity index (χ0v) is 16.9. The van der Waals surface area contributed by atoms with Crippen LogP contribution in [0.5, 0.6) is 5.75 Å². The van der Waals surface area contributed by atoms with E-state index in [0.29, 0.717) is 38.8 Å². The normalized spacial score (nSPS) is 11.7. The van der Waals surface area contributed by atoms with Crippen molar-refractivity contribution in [2.24, 2.45) is 10.9 Å². The second-order valence-electron chi connectivity index (χ2n) is 6.60. The van der Waals surface area contributed by atoms with E-state index in [1.807, 2.05) is 0 Å². The van der Waals surface area contributed by atoms with E-state index >= 15 is 0 Å². The molecular weight excluding hydrogens is 330 g/mol. The van der Waals surface area contributed by atoms with Gasteiger partial charge in [0, 0.05) is 32.8 Å². The molecule has 0 aromatic heterocycles. The predicted octanol–water partition coefficient (Wildman–Crippen LogP) is 2.75. The quantitative estimate of drug-likeness (QED) is 0.339. The zero-order chi connectivity index (χ0) is 19.2. The Labute approximate surface area is 158 Å². The minimum Gasteiger partial charge on any atom is -0.493 e. The molecule has 0 saturated heterocycles. The lowest BCUT2D eigenvalue weighted by Gasteiger charge is -2.16. The number of ether oxygens (including phenoxy) is 3. The Bertz CT molecular complexity index is 533. The van der Waals surface area contributed by atoms with Crippen molar-refractivity contribution < 1.29 is 14.2 Å². The highest BCUT2D eigenvalue weighted by Gasteiger charge is 2.06. The Morgan fingerprint density at radius 2 is 1.92 bits per heavy atom. The van der Waals surface area contributed by atoms with Crippen LogP contribution in [0, 0.1) is 12.8 Å². The molecule has 0 spiro atoms. The smallest absolute Gasteiger partial charge is 0.191 e. The fourth-order valence-electron chi connectivity index (χ4n) is 2.23. The average Bonchev–Trinajstić information content (AvgIpc) is 2.61. The number of methoxy groups -OCH3 is 1. The molecule has 0 saturated carbocycles. The summed E-state index contributed by atoms with van der Waals surface area (Å²) in [6.07, 6.45) is 1.05. The van der Waals surface area contributed by atoms with Gasteiger partial charge in [0.15, 0.2) is 5.96 Å². The van der Waals surface area contributed by atoms with Gasteiger partial charge < -0.3 is 24.8 Å². The standard InChI is InChI=1S/C20H35N3O3/c1-16(2)8-10-26-19-14-17(3)6-7-18(19)15-23-20(21-4)22-9-11-25-13-12-24-5/h6-7,14,16H,8-13,15H2,1-5H3,(H2,21,22,23). The molecule has 0 unspecified atom stereocenters. The molecule has 26 heavy (non-hydrogen) atoms. The van der Waals surface area contributed by atoms with E-state index in [9.17, 15) is 0 Å². The van der Waals surface area contributed by atoms with Gasteiger partial charge in [0.05, 0.1) is 26.4 Å². The van der Waals surface area contributed by atoms with Crippen LogP contribution in [0.3, 0.4) is 0 Å². The van der Waals surface area contributed by atoms with Gasteiger partial charge in [-0.2, -0.15) is 0 Å². The Kier molecular flexibility index (Phi) is 11.5. The summed E-state index contributed by atoms with van der Waals surface area (Å²) in [6, 6.07) is 6.30. The fourth-order valence-corrected chi connectivity index (χ4v) is 2.23. The van der Waals surface area contributed by atoms with Gasteiger partial charge in [0.2, 0.25) is 0 Å². The summed E-state index contributed by atoms with van der Waals surface area (Å²) >= 11 is 0. The lowest BCUT2D eigenvalue weighted by molar-refractivity contribution is 0.0733. The number of nitrogens with one attached hydrogen (secondary N) is 2. The van der Waals surface area contributed by atoms with Crippen molar-refractivity contribution in [1.29, 1.82) is 0 Å². The lowest BCUT2D eigenvalue weighted by Crippen LogP contribution is -2.38. The van der Waals surface area contributed by atoms with Crippen molar-refractivity contribution in [3.8, 4) is 5.75 Å². The number of guanidine groups is 1. The molecule has 1 aromatic carbocycles. The zero-order valence-electron chi connectivity index (χ0n) is 16.9. The molecule has 148 valence electrons. The molecule has 0 aliphatic carbocycles. The third kappa shape index (κ3) is 9.63. The summed E-state index contributed by atoms with van der Waals surface area (Å²) in [7, 11) is 3.43. The highest BCUT2D eigenvalue weighted by molar-refractivity contribution is 5.79. The molecule has 0 bridgehead atoms. The summed E-state index contributed by atoms with van der Waals surface area (Å²) in [5, 5.41) is 6.56. The minimum atomic E-state index is 0.602. The summed E-state index contributed by atoms with van der Waals surface area (Å²) in [5.74, 6) is 2.32. The molecular formula is C20H35N3O3. The maximum absolute atomic E-state index is 6.00. The molecule has 0 radical (unpaired) electrons. The number of aliphatic imine (C=N–C) groups is 1. The van der Waals surface area contributed by atoms with E-state index in [-0.39, 0.29) is 0 Å². The van der Waals surface area contributed by atoms with Crippen LogP contribution in [0.2, 0.25) is 0 Å². The largest absolute Gasteiger partial charge is 0.493 e. The van der Waals surface area contributed by atoms with E-state index in [1.165, 1.54) is 5.56 Å². The molecule has 0 aliphatic rings. The van der Waals surface area contributed by atoms with Crippen molar-refractivity contribution >= 4 is 5.96 Å². The molecule has 0 aliphatic heterocycles. The van der Waals surface area contributed by atoms with Gasteiger partial charge in [-0.25, -0.2) is 0 Å². The SMILES string of the molecule is CN=C(NCCOCCOC)NCc1ccc(C)cc1OCCC(C)C. The van der Waals surface area contributed by atoms with E-state index < -0.39 is 0 Å². The second-order valence-corrected chi connectivity index (χ2v) is 6.60. The Morgan fingerprint density at radius 3 is 2.62 bits per heavy atom. The first-order valence-electron chi connectivity index (χ1n) is 9.30. The lowest BCUT2D eigenvalue weighted by atomic mass is 10.1. The van der Waals surface area contributed by atoms with Crippen LogP contribution in [-0.4, -0.2) is 53.1 Å². The van der Waals surface area contributed by atoms with E-state index in [1.54, 1.807) is 14.2 Å². The first-order valence-corrected chi connectivity index (χ1v) is 9.30. The van der Waals surface area contributed by atoms with Crippen molar-refractivity contribution in [2.45, 2.75) is 33.7 Å². The molecule has 0 fully saturated rings. The Balaban J connectivity index is 2.45. The summed E-state index contributed by atoms with van der Waals surface area (Å²) in [4.78, 5) is 4.24. The predicted molar refractivity (Wildman–Crippen MR) is 107 cm³/mol. The van der Waals surface area contributed by atoms with Gasteiger partial charge in [-0.3, -0.25) is 4.99 Å². The number of nitrogens with zero attached hydrogens (tertiary/aromatic N) is 1. The van der Waals surface area contributed by atoms with Crippen molar-refractivity contribution in [3.63, 3.8) is 0 Å². The summed E-state index contributed by atoms with van der Waals surface area (Å²) in [6.45, 7) is 10.4. The van der Waals surface area contributed by atoms with Crippen LogP contribution >= 0.6 is 0 Å². The number of aryl methyl sites for hydroxylation is 1. The number of hydrogen-bond acceptors (Lipinski definition) is 4. The van der Waals surface area contributed by atoms with Crippen LogP contribution < -0.4 is 15.4 Å². The third-order valence-corrected chi connectivity index (χ3v) is 3.82. The number of rotatable bonds is 12. The van der Waals surface area contributed by atoms with Gasteiger partial charge in [-0.1, -0.05) is 26.0 Å². The van der Waals surface area contributed by atoms with Crippen LogP contribution in [0.4, 0.5) is 0 Å². The van der Waals surface area contributed by atoms with E-state index in [2.05, 4.69) is 54.6 Å². The maximum atomic E-state index is 6.00. The topological polar surface area (TPSA) is 64.1 Å². The van der Waals surface area contributed by atoms with Crippen LogP contribution in [0.15, 0.2) is 23.2 Å². The third-order valence-electron chi connectivity index (χ3n) is 3.82. The van der Waals surface area contributed by atoms with Gasteiger partial charge in [-0.15, -0.1) is 0 Å². The highest BCUT2D eigenvalue weighted by Crippen LogP contribution is 2.21. The molecule has 0 atom stereocenters. The molecule has 1 rings (SSSR count). The Hall–Kier alpha value is -1.79. The van der Waals surface area contributed by atoms with Gasteiger partial charge in [0.25, 0.3) is 0 Å². The Morgan fingerprint density at radius 1 is 1.12 bits per heavy atom. The van der Waals surface area contributed by atoms with Gasteiger partial charge >= 0.3 is 0 Å². The number of hydrogen-bond donors (Lipinski definition) is 2. The fraction of sp³-hybridized carbons (Fsp3) is 0.650. The average molecular weight is 366 g/mol. The second kappa shape index (κ2) is 13.4. The number of benzene rings is 1. The molecule has 1 aromatic rings. The van der Waals surface area contributed by atoms with Gasteiger partial charge in [-0.05, 0) is 30.9 Å². The minimum absolute atomic E-state index is 0.602. The van der Waals surface area contributed by atoms with E-state index in [4.69, 9.17) is 14.2 Å². The monoisotopic (exact) mass is 365 g/mol. The maximum Gasteiger partial charge on any atom is 0.191 e. The summed E-state index contributed by atoms with van der Waals surface area (Å²) in [5.41, 5.74) is 2.32. The first-order chi connectivity index (χ1) is 12.6. The molecule has 2 N–H and O–H groups in total. The van der Waals surface area contributed by atoms with Crippen molar-refractivity contribution in [1.82, 2.24) is 10.6 Å². The highest BCUT2D eigenvalue weighted by atomic mass is 16.5. The molecule has 6 nitrogen and oxygen atoms in total. The van der Waals surface area contributed by atoms with Crippen molar-refractivity contribution in [2.75, 3.05) is 47.1 Å². The molecule has 0 heterocycles.